The molecule has 0 atom stereocenters. The molecule has 0 fully saturated rings. The van der Waals surface area contributed by atoms with Gasteiger partial charge in [-0.3, -0.25) is 0 Å². The Hall–Kier alpha value is -1.60. The summed E-state index contributed by atoms with van der Waals surface area (Å²) in [6, 6.07) is 17.2. The molecule has 20 heavy (non-hydrogen) atoms. The van der Waals surface area contributed by atoms with Crippen molar-refractivity contribution < 1.29 is 5.11 Å². The van der Waals surface area contributed by atoms with Gasteiger partial charge in [0.05, 0.1) is 6.10 Å². The Balaban J connectivity index is 1.73. The summed E-state index contributed by atoms with van der Waals surface area (Å²) in [5, 5.41) is 10.1. The molecule has 0 radical (unpaired) electrons. The van der Waals surface area contributed by atoms with Crippen LogP contribution in [-0.4, -0.2) is 11.2 Å². The number of aliphatic hydroxyl groups excluding tert-OH is 1. The average molecular weight is 268 g/mol. The number of hydrogen-bond donors (Lipinski definition) is 1. The van der Waals surface area contributed by atoms with Crippen LogP contribution in [0.2, 0.25) is 0 Å². The molecular formula is C19H24O. The van der Waals surface area contributed by atoms with Crippen molar-refractivity contribution in [3.05, 3.63) is 70.8 Å². The Bertz CT molecular complexity index is 461. The lowest BCUT2D eigenvalue weighted by molar-refractivity contribution is 0.155. The molecule has 0 aliphatic carbocycles. The number of hydrogen-bond acceptors (Lipinski definition) is 1. The molecule has 0 unspecified atom stereocenters. The summed E-state index contributed by atoms with van der Waals surface area (Å²) < 4.78 is 0. The fraction of sp³-hybridized carbons (Fsp3) is 0.368. The smallest absolute Gasteiger partial charge is 0.0546 e. The normalized spacial score (nSPS) is 11.0. The van der Waals surface area contributed by atoms with Crippen LogP contribution >= 0.6 is 0 Å². The van der Waals surface area contributed by atoms with Gasteiger partial charge in [-0.25, -0.2) is 0 Å². The molecule has 1 N–H and O–H groups in total. The van der Waals surface area contributed by atoms with Crippen molar-refractivity contribution >= 4 is 0 Å². The first-order chi connectivity index (χ1) is 9.63. The van der Waals surface area contributed by atoms with Gasteiger partial charge in [0.25, 0.3) is 0 Å². The van der Waals surface area contributed by atoms with Gasteiger partial charge >= 0.3 is 0 Å². The van der Waals surface area contributed by atoms with Gasteiger partial charge in [0, 0.05) is 0 Å². The molecule has 2 rings (SSSR count). The minimum atomic E-state index is -0.211. The summed E-state index contributed by atoms with van der Waals surface area (Å²) in [7, 11) is 0. The molecular weight excluding hydrogens is 244 g/mol. The maximum absolute atomic E-state index is 10.1. The summed E-state index contributed by atoms with van der Waals surface area (Å²) in [6.45, 7) is 4.19. The van der Waals surface area contributed by atoms with Crippen molar-refractivity contribution in [3.8, 4) is 0 Å². The van der Waals surface area contributed by atoms with Crippen molar-refractivity contribution in [2.75, 3.05) is 0 Å². The van der Waals surface area contributed by atoms with Crippen molar-refractivity contribution in [2.24, 2.45) is 0 Å². The third kappa shape index (κ3) is 4.82. The van der Waals surface area contributed by atoms with Gasteiger partial charge in [-0.15, -0.1) is 0 Å². The first kappa shape index (κ1) is 14.8. The van der Waals surface area contributed by atoms with E-state index in [9.17, 15) is 5.11 Å². The third-order valence-corrected chi connectivity index (χ3v) is 3.77. The lowest BCUT2D eigenvalue weighted by atomic mass is 10.0. The molecule has 0 aliphatic rings. The minimum Gasteiger partial charge on any atom is -0.393 e. The van der Waals surface area contributed by atoms with E-state index in [0.717, 1.165) is 25.7 Å². The molecule has 0 amide bonds. The van der Waals surface area contributed by atoms with E-state index in [1.54, 1.807) is 0 Å². The summed E-state index contributed by atoms with van der Waals surface area (Å²) in [6.07, 6.45) is 3.38. The second-order valence-electron chi connectivity index (χ2n) is 5.70. The highest BCUT2D eigenvalue weighted by Crippen LogP contribution is 2.12. The quantitative estimate of drug-likeness (QED) is 0.831. The molecule has 2 aromatic carbocycles. The van der Waals surface area contributed by atoms with Gasteiger partial charge in [0.15, 0.2) is 0 Å². The predicted molar refractivity (Wildman–Crippen MR) is 85.0 cm³/mol. The molecule has 0 saturated carbocycles. The fourth-order valence-electron chi connectivity index (χ4n) is 2.32. The van der Waals surface area contributed by atoms with Gasteiger partial charge in [0.2, 0.25) is 0 Å². The Morgan fingerprint density at radius 3 is 1.40 bits per heavy atom. The molecule has 1 nitrogen and oxygen atoms in total. The van der Waals surface area contributed by atoms with Crippen molar-refractivity contribution in [1.82, 2.24) is 0 Å². The first-order valence-electron chi connectivity index (χ1n) is 7.42. The SMILES string of the molecule is Cc1ccc(CCC(O)CCc2ccc(C)cc2)cc1. The third-order valence-electron chi connectivity index (χ3n) is 3.77. The summed E-state index contributed by atoms with van der Waals surface area (Å²) >= 11 is 0. The number of aliphatic hydroxyl groups is 1. The lowest BCUT2D eigenvalue weighted by Crippen LogP contribution is -2.09. The predicted octanol–water partition coefficient (Wildman–Crippen LogP) is 4.23. The first-order valence-corrected chi connectivity index (χ1v) is 7.42. The monoisotopic (exact) mass is 268 g/mol. The second kappa shape index (κ2) is 7.25. The topological polar surface area (TPSA) is 20.2 Å². The van der Waals surface area contributed by atoms with Crippen LogP contribution in [0.15, 0.2) is 48.5 Å². The van der Waals surface area contributed by atoms with Crippen LogP contribution < -0.4 is 0 Å². The van der Waals surface area contributed by atoms with Gasteiger partial charge in [0.1, 0.15) is 0 Å². The highest BCUT2D eigenvalue weighted by molar-refractivity contribution is 5.22. The van der Waals surface area contributed by atoms with Crippen LogP contribution in [0.1, 0.15) is 35.1 Å². The molecule has 0 heterocycles. The molecule has 1 heteroatoms. The van der Waals surface area contributed by atoms with Crippen molar-refractivity contribution in [1.29, 1.82) is 0 Å². The van der Waals surface area contributed by atoms with E-state index < -0.39 is 0 Å². The van der Waals surface area contributed by atoms with Gasteiger partial charge in [-0.1, -0.05) is 59.7 Å². The van der Waals surface area contributed by atoms with Crippen LogP contribution in [0.25, 0.3) is 0 Å². The molecule has 0 aromatic heterocycles. The van der Waals surface area contributed by atoms with E-state index in [1.807, 2.05) is 0 Å². The van der Waals surface area contributed by atoms with E-state index in [4.69, 9.17) is 0 Å². The summed E-state index contributed by atoms with van der Waals surface area (Å²) in [4.78, 5) is 0. The zero-order valence-electron chi connectivity index (χ0n) is 12.5. The largest absolute Gasteiger partial charge is 0.393 e. The van der Waals surface area contributed by atoms with Gasteiger partial charge in [-0.2, -0.15) is 0 Å². The standard InChI is InChI=1S/C19H24O/c1-15-3-7-17(8-4-15)11-13-19(20)14-12-18-9-5-16(2)6-10-18/h3-10,19-20H,11-14H2,1-2H3. The Kier molecular flexibility index (Phi) is 5.37. The number of benzene rings is 2. The zero-order valence-corrected chi connectivity index (χ0v) is 12.5. The van der Waals surface area contributed by atoms with Crippen molar-refractivity contribution in [2.45, 2.75) is 45.6 Å². The molecule has 2 aromatic rings. The average Bonchev–Trinajstić information content (AvgIpc) is 2.46. The molecule has 0 aliphatic heterocycles. The van der Waals surface area contributed by atoms with E-state index in [2.05, 4.69) is 62.4 Å². The Labute approximate surface area is 122 Å². The van der Waals surface area contributed by atoms with E-state index in [0.29, 0.717) is 0 Å². The molecule has 0 spiro atoms. The minimum absolute atomic E-state index is 0.211. The van der Waals surface area contributed by atoms with Crippen LogP contribution in [0.4, 0.5) is 0 Å². The molecule has 0 bridgehead atoms. The van der Waals surface area contributed by atoms with Gasteiger partial charge < -0.3 is 5.11 Å². The summed E-state index contributed by atoms with van der Waals surface area (Å²) in [5.41, 5.74) is 5.19. The van der Waals surface area contributed by atoms with Gasteiger partial charge in [-0.05, 0) is 50.7 Å². The van der Waals surface area contributed by atoms with E-state index in [-0.39, 0.29) is 6.10 Å². The highest BCUT2D eigenvalue weighted by atomic mass is 16.3. The molecule has 0 saturated heterocycles. The second-order valence-corrected chi connectivity index (χ2v) is 5.70. The van der Waals surface area contributed by atoms with E-state index in [1.165, 1.54) is 22.3 Å². The van der Waals surface area contributed by atoms with E-state index >= 15 is 0 Å². The Morgan fingerprint density at radius 1 is 0.700 bits per heavy atom. The lowest BCUT2D eigenvalue weighted by Gasteiger charge is -2.11. The molecule has 106 valence electrons. The summed E-state index contributed by atoms with van der Waals surface area (Å²) in [5.74, 6) is 0. The highest BCUT2D eigenvalue weighted by Gasteiger charge is 2.05. The van der Waals surface area contributed by atoms with Crippen molar-refractivity contribution in [3.63, 3.8) is 0 Å². The fourth-order valence-corrected chi connectivity index (χ4v) is 2.32. The van der Waals surface area contributed by atoms with Crippen LogP contribution in [0.3, 0.4) is 0 Å². The Morgan fingerprint density at radius 2 is 1.05 bits per heavy atom. The van der Waals surface area contributed by atoms with Crippen LogP contribution in [0.5, 0.6) is 0 Å². The maximum atomic E-state index is 10.1. The van der Waals surface area contributed by atoms with Crippen LogP contribution in [-0.2, 0) is 12.8 Å². The maximum Gasteiger partial charge on any atom is 0.0546 e. The number of aryl methyl sites for hydroxylation is 4. The zero-order chi connectivity index (χ0) is 14.4. The van der Waals surface area contributed by atoms with Crippen LogP contribution in [0, 0.1) is 13.8 Å². The number of rotatable bonds is 6.